The lowest BCUT2D eigenvalue weighted by Crippen LogP contribution is -2.41. The first kappa shape index (κ1) is 30.7. The molecule has 1 aromatic rings. The molecule has 6 nitrogen and oxygen atoms in total. The van der Waals surface area contributed by atoms with Crippen molar-refractivity contribution in [2.75, 3.05) is 6.54 Å². The molecule has 0 unspecified atom stereocenters. The first-order valence-corrected chi connectivity index (χ1v) is 13.7. The maximum atomic E-state index is 12.1. The summed E-state index contributed by atoms with van der Waals surface area (Å²) in [5, 5.41) is 14.8. The number of benzene rings is 1. The van der Waals surface area contributed by atoms with Gasteiger partial charge in [0.1, 0.15) is 6.04 Å². The molecule has 0 aromatic heterocycles. The summed E-state index contributed by atoms with van der Waals surface area (Å²) in [6.07, 6.45) is 14.4. The molecule has 1 aromatic carbocycles. The van der Waals surface area contributed by atoms with Gasteiger partial charge in [-0.25, -0.2) is 4.79 Å². The van der Waals surface area contributed by atoms with E-state index in [1.807, 2.05) is 30.3 Å². The van der Waals surface area contributed by atoms with E-state index in [0.29, 0.717) is 13.0 Å². The third kappa shape index (κ3) is 17.7. The number of carbonyl (C=O) groups excluding carboxylic acids is 2. The van der Waals surface area contributed by atoms with E-state index in [0.717, 1.165) is 30.7 Å². The molecule has 0 fully saturated rings. The van der Waals surface area contributed by atoms with Crippen molar-refractivity contribution in [1.82, 2.24) is 10.6 Å². The van der Waals surface area contributed by atoms with E-state index in [-0.39, 0.29) is 31.1 Å². The number of unbranched alkanes of at least 4 members (excludes halogenated alkanes) is 8. The predicted molar refractivity (Wildman–Crippen MR) is 142 cm³/mol. The molecular formula is C29H48N2O4. The molecule has 2 amide bonds. The highest BCUT2D eigenvalue weighted by Gasteiger charge is 2.20. The molecular weight excluding hydrogens is 440 g/mol. The van der Waals surface area contributed by atoms with Crippen LogP contribution in [0.2, 0.25) is 0 Å². The van der Waals surface area contributed by atoms with Gasteiger partial charge in [0.05, 0.1) is 0 Å². The fraction of sp³-hybridized carbons (Fsp3) is 0.690. The van der Waals surface area contributed by atoms with Crippen molar-refractivity contribution in [3.63, 3.8) is 0 Å². The second-order valence-corrected chi connectivity index (χ2v) is 10.1. The highest BCUT2D eigenvalue weighted by molar-refractivity contribution is 5.84. The number of nitrogens with one attached hydrogen (secondary N) is 2. The maximum absolute atomic E-state index is 12.1. The van der Waals surface area contributed by atoms with E-state index in [1.165, 1.54) is 51.4 Å². The van der Waals surface area contributed by atoms with Gasteiger partial charge in [-0.15, -0.1) is 0 Å². The zero-order chi connectivity index (χ0) is 25.7. The predicted octanol–water partition coefficient (Wildman–Crippen LogP) is 6.03. The average molecular weight is 489 g/mol. The summed E-state index contributed by atoms with van der Waals surface area (Å²) in [6, 6.07) is 8.84. The first-order valence-electron chi connectivity index (χ1n) is 13.7. The quantitative estimate of drug-likeness (QED) is 0.184. The molecule has 35 heavy (non-hydrogen) atoms. The molecule has 0 aliphatic rings. The van der Waals surface area contributed by atoms with Crippen LogP contribution in [0.25, 0.3) is 0 Å². The summed E-state index contributed by atoms with van der Waals surface area (Å²) in [6.45, 7) is 5.19. The van der Waals surface area contributed by atoms with E-state index in [1.54, 1.807) is 0 Å². The van der Waals surface area contributed by atoms with Gasteiger partial charge >= 0.3 is 5.97 Å². The number of aliphatic carboxylic acids is 1. The van der Waals surface area contributed by atoms with E-state index in [2.05, 4.69) is 24.5 Å². The Morgan fingerprint density at radius 2 is 1.34 bits per heavy atom. The van der Waals surface area contributed by atoms with Crippen LogP contribution in [-0.2, 0) is 20.8 Å². The Labute approximate surface area is 212 Å². The summed E-state index contributed by atoms with van der Waals surface area (Å²) in [4.78, 5) is 35.7. The van der Waals surface area contributed by atoms with Crippen molar-refractivity contribution in [3.8, 4) is 0 Å². The molecule has 0 saturated carbocycles. The molecule has 198 valence electrons. The molecule has 0 aliphatic carbocycles. The molecule has 0 bridgehead atoms. The minimum Gasteiger partial charge on any atom is -0.480 e. The molecule has 0 aliphatic heterocycles. The monoisotopic (exact) mass is 488 g/mol. The van der Waals surface area contributed by atoms with Gasteiger partial charge in [0, 0.05) is 19.4 Å². The SMILES string of the molecule is CC(C)CCCCCCCCCCCNC(=O)CC[C@H](NC(=O)CCCc1ccccc1)C(=O)O. The first-order chi connectivity index (χ1) is 16.9. The lowest BCUT2D eigenvalue weighted by molar-refractivity contribution is -0.142. The van der Waals surface area contributed by atoms with Crippen molar-refractivity contribution in [3.05, 3.63) is 35.9 Å². The topological polar surface area (TPSA) is 95.5 Å². The van der Waals surface area contributed by atoms with Crippen LogP contribution in [0.4, 0.5) is 0 Å². The second-order valence-electron chi connectivity index (χ2n) is 10.1. The summed E-state index contributed by atoms with van der Waals surface area (Å²) >= 11 is 0. The van der Waals surface area contributed by atoms with Crippen LogP contribution in [0.3, 0.4) is 0 Å². The molecule has 3 N–H and O–H groups in total. The van der Waals surface area contributed by atoms with Gasteiger partial charge in [-0.2, -0.15) is 0 Å². The van der Waals surface area contributed by atoms with Crippen LogP contribution in [0.5, 0.6) is 0 Å². The minimum absolute atomic E-state index is 0.0953. The van der Waals surface area contributed by atoms with Crippen LogP contribution in [0.15, 0.2) is 30.3 Å². The van der Waals surface area contributed by atoms with Gasteiger partial charge in [-0.3, -0.25) is 9.59 Å². The Hall–Kier alpha value is -2.37. The molecule has 0 spiro atoms. The van der Waals surface area contributed by atoms with Gasteiger partial charge in [0.15, 0.2) is 0 Å². The number of rotatable bonds is 21. The molecule has 1 atom stereocenters. The molecule has 0 radical (unpaired) electrons. The van der Waals surface area contributed by atoms with Crippen molar-refractivity contribution in [1.29, 1.82) is 0 Å². The largest absolute Gasteiger partial charge is 0.480 e. The maximum Gasteiger partial charge on any atom is 0.326 e. The third-order valence-electron chi connectivity index (χ3n) is 6.29. The Kier molecular flexibility index (Phi) is 17.4. The van der Waals surface area contributed by atoms with Crippen LogP contribution in [-0.4, -0.2) is 35.5 Å². The van der Waals surface area contributed by atoms with Crippen molar-refractivity contribution >= 4 is 17.8 Å². The fourth-order valence-electron chi connectivity index (χ4n) is 4.13. The van der Waals surface area contributed by atoms with Crippen LogP contribution in [0.1, 0.15) is 109 Å². The van der Waals surface area contributed by atoms with Gasteiger partial charge < -0.3 is 15.7 Å². The van der Waals surface area contributed by atoms with E-state index < -0.39 is 12.0 Å². The van der Waals surface area contributed by atoms with Crippen LogP contribution < -0.4 is 10.6 Å². The highest BCUT2D eigenvalue weighted by atomic mass is 16.4. The van der Waals surface area contributed by atoms with Crippen molar-refractivity contribution < 1.29 is 19.5 Å². The summed E-state index contributed by atoms with van der Waals surface area (Å²) in [5.74, 6) is -0.732. The molecule has 0 heterocycles. The summed E-state index contributed by atoms with van der Waals surface area (Å²) in [7, 11) is 0. The zero-order valence-corrected chi connectivity index (χ0v) is 22.0. The van der Waals surface area contributed by atoms with E-state index in [9.17, 15) is 19.5 Å². The van der Waals surface area contributed by atoms with Gasteiger partial charge in [-0.1, -0.05) is 102 Å². The fourth-order valence-corrected chi connectivity index (χ4v) is 4.13. The molecule has 1 rings (SSSR count). The number of aryl methyl sites for hydroxylation is 1. The van der Waals surface area contributed by atoms with Crippen molar-refractivity contribution in [2.45, 2.75) is 116 Å². The molecule has 6 heteroatoms. The third-order valence-corrected chi connectivity index (χ3v) is 6.29. The Bertz CT molecular complexity index is 706. The lowest BCUT2D eigenvalue weighted by atomic mass is 10.0. The summed E-state index contributed by atoms with van der Waals surface area (Å²) in [5.41, 5.74) is 1.15. The number of carboxylic acid groups (broad SMARTS) is 1. The number of hydrogen-bond acceptors (Lipinski definition) is 3. The van der Waals surface area contributed by atoms with Crippen LogP contribution >= 0.6 is 0 Å². The number of carbonyl (C=O) groups is 3. The normalized spacial score (nSPS) is 11.9. The Balaban J connectivity index is 2.04. The van der Waals surface area contributed by atoms with Gasteiger partial charge in [-0.05, 0) is 37.2 Å². The van der Waals surface area contributed by atoms with Crippen molar-refractivity contribution in [2.24, 2.45) is 5.92 Å². The van der Waals surface area contributed by atoms with Gasteiger partial charge in [0.25, 0.3) is 0 Å². The van der Waals surface area contributed by atoms with Crippen LogP contribution in [0, 0.1) is 5.92 Å². The average Bonchev–Trinajstić information content (AvgIpc) is 2.82. The second kappa shape index (κ2) is 19.9. The Morgan fingerprint density at radius 1 is 0.743 bits per heavy atom. The van der Waals surface area contributed by atoms with Gasteiger partial charge in [0.2, 0.25) is 11.8 Å². The number of hydrogen-bond donors (Lipinski definition) is 3. The minimum atomic E-state index is -1.10. The number of carboxylic acids is 1. The van der Waals surface area contributed by atoms with E-state index in [4.69, 9.17) is 0 Å². The summed E-state index contributed by atoms with van der Waals surface area (Å²) < 4.78 is 0. The standard InChI is InChI=1S/C29H48N2O4/c1-24(2)16-11-8-6-4-3-5-7-9-14-23-30-27(32)22-21-26(29(34)35)31-28(33)20-15-19-25-17-12-10-13-18-25/h10,12-13,17-18,24,26H,3-9,11,14-16,19-23H2,1-2H3,(H,30,32)(H,31,33)(H,34,35)/t26-/m0/s1. The highest BCUT2D eigenvalue weighted by Crippen LogP contribution is 2.13. The smallest absolute Gasteiger partial charge is 0.326 e. The lowest BCUT2D eigenvalue weighted by Gasteiger charge is -2.14. The number of amides is 2. The molecule has 0 saturated heterocycles. The zero-order valence-electron chi connectivity index (χ0n) is 22.0. The Morgan fingerprint density at radius 3 is 1.94 bits per heavy atom. The van der Waals surface area contributed by atoms with E-state index >= 15 is 0 Å².